The Labute approximate surface area is 142 Å². The number of hydrogen-bond donors (Lipinski definition) is 1. The van der Waals surface area contributed by atoms with E-state index in [2.05, 4.69) is 10.5 Å². The van der Waals surface area contributed by atoms with Gasteiger partial charge in [0.2, 0.25) is 5.88 Å². The maximum Gasteiger partial charge on any atom is 0.311 e. The zero-order chi connectivity index (χ0) is 17.0. The summed E-state index contributed by atoms with van der Waals surface area (Å²) in [7, 11) is 0. The molecule has 8 heteroatoms. The third-order valence-electron chi connectivity index (χ3n) is 2.88. The van der Waals surface area contributed by atoms with E-state index in [4.69, 9.17) is 32.5 Å². The van der Waals surface area contributed by atoms with Crippen molar-refractivity contribution in [3.05, 3.63) is 45.6 Å². The predicted octanol–water partition coefficient (Wildman–Crippen LogP) is 3.40. The molecule has 1 heterocycles. The van der Waals surface area contributed by atoms with E-state index < -0.39 is 18.0 Å². The first kappa shape index (κ1) is 17.3. The number of anilines is 1. The fraction of sp³-hybridized carbons (Fsp3) is 0.267. The molecular weight excluding hydrogens is 343 g/mol. The highest BCUT2D eigenvalue weighted by molar-refractivity contribution is 6.42. The highest BCUT2D eigenvalue weighted by Gasteiger charge is 2.19. The van der Waals surface area contributed by atoms with Crippen LogP contribution in [0.1, 0.15) is 18.2 Å². The van der Waals surface area contributed by atoms with Crippen LogP contribution >= 0.6 is 23.2 Å². The number of hydrogen-bond acceptors (Lipinski definition) is 5. The molecule has 1 atom stereocenters. The summed E-state index contributed by atoms with van der Waals surface area (Å²) in [6, 6.07) is 6.39. The van der Waals surface area contributed by atoms with Crippen LogP contribution in [0, 0.1) is 6.92 Å². The van der Waals surface area contributed by atoms with Gasteiger partial charge in [0.25, 0.3) is 5.91 Å². The summed E-state index contributed by atoms with van der Waals surface area (Å²) in [6.07, 6.45) is -0.994. The van der Waals surface area contributed by atoms with Gasteiger partial charge in [-0.1, -0.05) is 34.4 Å². The molecule has 0 saturated heterocycles. The molecule has 1 aromatic carbocycles. The average molecular weight is 357 g/mol. The number of nitrogens with zero attached hydrogens (tertiary/aromatic N) is 1. The number of ether oxygens (including phenoxy) is 1. The van der Waals surface area contributed by atoms with Crippen LogP contribution in [0.5, 0.6) is 0 Å². The summed E-state index contributed by atoms with van der Waals surface area (Å²) in [5.41, 5.74) is 1.27. The molecule has 0 spiro atoms. The van der Waals surface area contributed by atoms with Gasteiger partial charge in [-0.05, 0) is 31.5 Å². The Morgan fingerprint density at radius 1 is 1.30 bits per heavy atom. The van der Waals surface area contributed by atoms with Crippen LogP contribution in [0.15, 0.2) is 28.8 Å². The monoisotopic (exact) mass is 356 g/mol. The summed E-state index contributed by atoms with van der Waals surface area (Å²) < 4.78 is 9.94. The van der Waals surface area contributed by atoms with Gasteiger partial charge < -0.3 is 9.26 Å². The highest BCUT2D eigenvalue weighted by atomic mass is 35.5. The van der Waals surface area contributed by atoms with Crippen molar-refractivity contribution in [3.8, 4) is 0 Å². The van der Waals surface area contributed by atoms with Crippen LogP contribution in [-0.4, -0.2) is 23.1 Å². The Morgan fingerprint density at radius 2 is 2.04 bits per heavy atom. The first-order valence-electron chi connectivity index (χ1n) is 6.72. The largest absolute Gasteiger partial charge is 0.452 e. The molecule has 0 saturated carbocycles. The average Bonchev–Trinajstić information content (AvgIpc) is 2.88. The summed E-state index contributed by atoms with van der Waals surface area (Å²) in [5, 5.41) is 6.86. The van der Waals surface area contributed by atoms with Crippen LogP contribution in [0.25, 0.3) is 0 Å². The molecule has 1 aromatic heterocycles. The molecule has 2 aromatic rings. The van der Waals surface area contributed by atoms with Crippen LogP contribution < -0.4 is 5.32 Å². The molecule has 0 radical (unpaired) electrons. The quantitative estimate of drug-likeness (QED) is 0.830. The Bertz CT molecular complexity index is 730. The molecule has 0 aliphatic rings. The Balaban J connectivity index is 1.88. The number of nitrogens with one attached hydrogen (secondary N) is 1. The molecule has 0 aliphatic carbocycles. The van der Waals surface area contributed by atoms with E-state index in [0.29, 0.717) is 21.3 Å². The van der Waals surface area contributed by atoms with Gasteiger partial charge in [-0.2, -0.15) is 0 Å². The lowest BCUT2D eigenvalue weighted by molar-refractivity contribution is -0.152. The van der Waals surface area contributed by atoms with Crippen molar-refractivity contribution in [2.45, 2.75) is 26.4 Å². The summed E-state index contributed by atoms with van der Waals surface area (Å²) in [4.78, 5) is 23.8. The fourth-order valence-electron chi connectivity index (χ4n) is 1.75. The Kier molecular flexibility index (Phi) is 5.63. The van der Waals surface area contributed by atoms with Crippen molar-refractivity contribution in [2.75, 3.05) is 5.32 Å². The molecule has 1 unspecified atom stereocenters. The van der Waals surface area contributed by atoms with E-state index in [9.17, 15) is 9.59 Å². The second-order valence-electron chi connectivity index (χ2n) is 4.88. The molecule has 1 amide bonds. The standard InChI is InChI=1S/C15H14Cl2N2O4/c1-8-5-13(23-19-8)18-15(21)9(2)22-14(20)7-10-3-4-11(16)12(17)6-10/h3-6,9H,7H2,1-2H3,(H,18,21). The summed E-state index contributed by atoms with van der Waals surface area (Å²) in [6.45, 7) is 3.19. The van der Waals surface area contributed by atoms with E-state index in [1.165, 1.54) is 6.92 Å². The number of halogens is 2. The number of benzene rings is 1. The van der Waals surface area contributed by atoms with Gasteiger partial charge in [-0.3, -0.25) is 14.9 Å². The second kappa shape index (κ2) is 7.48. The smallest absolute Gasteiger partial charge is 0.311 e. The summed E-state index contributed by atoms with van der Waals surface area (Å²) in [5.74, 6) is -0.872. The van der Waals surface area contributed by atoms with E-state index in [1.807, 2.05) is 0 Å². The first-order chi connectivity index (χ1) is 10.8. The number of carbonyl (C=O) groups is 2. The third-order valence-corrected chi connectivity index (χ3v) is 3.62. The lowest BCUT2D eigenvalue weighted by Gasteiger charge is -2.12. The van der Waals surface area contributed by atoms with E-state index >= 15 is 0 Å². The van der Waals surface area contributed by atoms with Gasteiger partial charge in [0.1, 0.15) is 0 Å². The van der Waals surface area contributed by atoms with Gasteiger partial charge in [-0.25, -0.2) is 0 Å². The van der Waals surface area contributed by atoms with Crippen molar-refractivity contribution >= 4 is 41.0 Å². The molecule has 122 valence electrons. The maximum absolute atomic E-state index is 11.9. The van der Waals surface area contributed by atoms with Gasteiger partial charge in [-0.15, -0.1) is 0 Å². The first-order valence-corrected chi connectivity index (χ1v) is 7.48. The van der Waals surface area contributed by atoms with Gasteiger partial charge >= 0.3 is 5.97 Å². The second-order valence-corrected chi connectivity index (χ2v) is 5.69. The normalized spacial score (nSPS) is 11.8. The molecule has 6 nitrogen and oxygen atoms in total. The minimum Gasteiger partial charge on any atom is -0.452 e. The van der Waals surface area contributed by atoms with Crippen molar-refractivity contribution < 1.29 is 18.8 Å². The molecule has 0 fully saturated rings. The number of aromatic nitrogens is 1. The zero-order valence-corrected chi connectivity index (χ0v) is 13.9. The van der Waals surface area contributed by atoms with E-state index in [1.54, 1.807) is 31.2 Å². The third kappa shape index (κ3) is 4.97. The molecule has 0 aliphatic heterocycles. The topological polar surface area (TPSA) is 81.4 Å². The fourth-order valence-corrected chi connectivity index (χ4v) is 2.07. The maximum atomic E-state index is 11.9. The van der Waals surface area contributed by atoms with Crippen molar-refractivity contribution in [1.82, 2.24) is 5.16 Å². The summed E-state index contributed by atoms with van der Waals surface area (Å²) >= 11 is 11.7. The molecule has 0 bridgehead atoms. The van der Waals surface area contributed by atoms with Crippen LogP contribution in [0.3, 0.4) is 0 Å². The number of esters is 1. The van der Waals surface area contributed by atoms with Crippen LogP contribution in [-0.2, 0) is 20.7 Å². The van der Waals surface area contributed by atoms with E-state index in [-0.39, 0.29) is 12.3 Å². The highest BCUT2D eigenvalue weighted by Crippen LogP contribution is 2.23. The van der Waals surface area contributed by atoms with Gasteiger partial charge in [0.05, 0.1) is 22.2 Å². The minimum atomic E-state index is -0.976. The SMILES string of the molecule is Cc1cc(NC(=O)C(C)OC(=O)Cc2ccc(Cl)c(Cl)c2)on1. The minimum absolute atomic E-state index is 0.0179. The Hall–Kier alpha value is -2.05. The zero-order valence-electron chi connectivity index (χ0n) is 12.4. The van der Waals surface area contributed by atoms with E-state index in [0.717, 1.165) is 0 Å². The van der Waals surface area contributed by atoms with Gasteiger partial charge in [0, 0.05) is 6.07 Å². The van der Waals surface area contributed by atoms with Crippen LogP contribution in [0.2, 0.25) is 10.0 Å². The predicted molar refractivity (Wildman–Crippen MR) is 85.6 cm³/mol. The van der Waals surface area contributed by atoms with Crippen LogP contribution in [0.4, 0.5) is 5.88 Å². The lowest BCUT2D eigenvalue weighted by Crippen LogP contribution is -2.30. The molecular formula is C15H14Cl2N2O4. The van der Waals surface area contributed by atoms with Crippen molar-refractivity contribution in [2.24, 2.45) is 0 Å². The van der Waals surface area contributed by atoms with Crippen molar-refractivity contribution in [1.29, 1.82) is 0 Å². The van der Waals surface area contributed by atoms with Crippen molar-refractivity contribution in [3.63, 3.8) is 0 Å². The molecule has 2 rings (SSSR count). The lowest BCUT2D eigenvalue weighted by atomic mass is 10.1. The number of amides is 1. The number of carbonyl (C=O) groups excluding carboxylic acids is 2. The van der Waals surface area contributed by atoms with Gasteiger partial charge in [0.15, 0.2) is 6.10 Å². The number of aryl methyl sites for hydroxylation is 1. The molecule has 23 heavy (non-hydrogen) atoms. The molecule has 1 N–H and O–H groups in total. The Morgan fingerprint density at radius 3 is 2.65 bits per heavy atom. The number of rotatable bonds is 5.